The van der Waals surface area contributed by atoms with Crippen molar-refractivity contribution in [3.05, 3.63) is 53.3 Å². The largest absolute Gasteiger partial charge is 0.325 e. The molecule has 0 aliphatic carbocycles. The molecule has 0 spiro atoms. The van der Waals surface area contributed by atoms with Gasteiger partial charge < -0.3 is 5.43 Å². The molecule has 0 bridgehead atoms. The molecule has 1 N–H and O–H groups in total. The van der Waals surface area contributed by atoms with Gasteiger partial charge in [0.15, 0.2) is 9.84 Å². The second-order valence-corrected chi connectivity index (χ2v) is 6.92. The lowest BCUT2D eigenvalue weighted by Gasteiger charge is -2.12. The van der Waals surface area contributed by atoms with Gasteiger partial charge in [-0.3, -0.25) is 4.68 Å². The predicted molar refractivity (Wildman–Crippen MR) is 81.3 cm³/mol. The molecule has 110 valence electrons. The third kappa shape index (κ3) is 3.44. The molecular weight excluding hydrogens is 286 g/mol. The molecule has 0 radical (unpaired) electrons. The van der Waals surface area contributed by atoms with E-state index in [0.717, 1.165) is 11.4 Å². The molecule has 0 atom stereocenters. The van der Waals surface area contributed by atoms with Gasteiger partial charge in [-0.15, -0.1) is 0 Å². The maximum absolute atomic E-state index is 12.2. The Morgan fingerprint density at radius 1 is 1.10 bits per heavy atom. The summed E-state index contributed by atoms with van der Waals surface area (Å²) < 4.78 is 26.3. The highest BCUT2D eigenvalue weighted by Crippen LogP contribution is 2.12. The summed E-state index contributed by atoms with van der Waals surface area (Å²) in [7, 11) is -3.35. The smallest absolute Gasteiger partial charge is 0.180 e. The number of aromatic nitrogens is 1. The molecule has 1 heterocycles. The molecule has 0 aliphatic rings. The Morgan fingerprint density at radius 2 is 1.67 bits per heavy atom. The van der Waals surface area contributed by atoms with Gasteiger partial charge >= 0.3 is 0 Å². The molecule has 2 aromatic rings. The van der Waals surface area contributed by atoms with E-state index in [1.807, 2.05) is 36.7 Å². The average Bonchev–Trinajstić information content (AvgIpc) is 2.79. The van der Waals surface area contributed by atoms with E-state index in [-0.39, 0.29) is 10.6 Å². The van der Waals surface area contributed by atoms with E-state index < -0.39 is 9.84 Å². The molecule has 21 heavy (non-hydrogen) atoms. The summed E-state index contributed by atoms with van der Waals surface area (Å²) >= 11 is 0. The summed E-state index contributed by atoms with van der Waals surface area (Å²) in [4.78, 5) is 0.240. The van der Waals surface area contributed by atoms with Crippen LogP contribution in [0.1, 0.15) is 17.0 Å². The van der Waals surface area contributed by atoms with Gasteiger partial charge in [-0.25, -0.2) is 8.42 Å². The van der Waals surface area contributed by atoms with E-state index in [4.69, 9.17) is 5.26 Å². The Labute approximate surface area is 124 Å². The first kappa shape index (κ1) is 15.1. The minimum absolute atomic E-state index is 0.00401. The van der Waals surface area contributed by atoms with Crippen LogP contribution in [-0.2, 0) is 9.84 Å². The standard InChI is InChI=1S/C15H17N3O2S/c1-12-3-4-13(2)18(12)17-9-10-21(19,20)15-7-5-14(11-16)6-8-15/h3-8,17H,9-10H2,1-2H3. The summed E-state index contributed by atoms with van der Waals surface area (Å²) in [6, 6.07) is 11.9. The molecule has 0 saturated heterocycles. The second kappa shape index (κ2) is 6.02. The van der Waals surface area contributed by atoms with Crippen molar-refractivity contribution < 1.29 is 8.42 Å². The van der Waals surface area contributed by atoms with Gasteiger partial charge in [0.1, 0.15) is 0 Å². The fourth-order valence-electron chi connectivity index (χ4n) is 2.06. The van der Waals surface area contributed by atoms with Crippen molar-refractivity contribution in [2.45, 2.75) is 18.7 Å². The molecule has 0 amide bonds. The number of rotatable bonds is 5. The van der Waals surface area contributed by atoms with Crippen LogP contribution in [0.2, 0.25) is 0 Å². The topological polar surface area (TPSA) is 74.9 Å². The van der Waals surface area contributed by atoms with Gasteiger partial charge in [0, 0.05) is 17.9 Å². The number of hydrogen-bond donors (Lipinski definition) is 1. The highest BCUT2D eigenvalue weighted by atomic mass is 32.2. The molecule has 5 nitrogen and oxygen atoms in total. The van der Waals surface area contributed by atoms with Crippen LogP contribution in [0.5, 0.6) is 0 Å². The van der Waals surface area contributed by atoms with E-state index in [1.165, 1.54) is 24.3 Å². The van der Waals surface area contributed by atoms with Crippen LogP contribution in [0, 0.1) is 25.2 Å². The van der Waals surface area contributed by atoms with E-state index >= 15 is 0 Å². The number of nitrogens with one attached hydrogen (secondary N) is 1. The molecule has 1 aromatic heterocycles. The monoisotopic (exact) mass is 303 g/mol. The van der Waals surface area contributed by atoms with Gasteiger partial charge in [-0.2, -0.15) is 5.26 Å². The maximum Gasteiger partial charge on any atom is 0.180 e. The molecule has 6 heteroatoms. The first-order valence-electron chi connectivity index (χ1n) is 6.56. The number of sulfone groups is 1. The molecule has 2 rings (SSSR count). The summed E-state index contributed by atoms with van der Waals surface area (Å²) in [6.07, 6.45) is 0. The normalized spacial score (nSPS) is 11.1. The van der Waals surface area contributed by atoms with Crippen molar-refractivity contribution in [3.8, 4) is 6.07 Å². The van der Waals surface area contributed by atoms with Crippen LogP contribution in [0.4, 0.5) is 0 Å². The van der Waals surface area contributed by atoms with Crippen molar-refractivity contribution in [2.75, 3.05) is 17.7 Å². The highest BCUT2D eigenvalue weighted by molar-refractivity contribution is 7.91. The zero-order valence-electron chi connectivity index (χ0n) is 12.0. The van der Waals surface area contributed by atoms with E-state index in [9.17, 15) is 8.42 Å². The van der Waals surface area contributed by atoms with Crippen LogP contribution in [0.15, 0.2) is 41.3 Å². The molecule has 0 aliphatic heterocycles. The zero-order valence-corrected chi connectivity index (χ0v) is 12.8. The van der Waals surface area contributed by atoms with Crippen LogP contribution >= 0.6 is 0 Å². The Bertz CT molecular complexity index is 749. The molecule has 0 unspecified atom stereocenters. The minimum Gasteiger partial charge on any atom is -0.325 e. The quantitative estimate of drug-likeness (QED) is 0.916. The van der Waals surface area contributed by atoms with Crippen molar-refractivity contribution in [1.82, 2.24) is 4.68 Å². The van der Waals surface area contributed by atoms with Crippen LogP contribution in [0.3, 0.4) is 0 Å². The number of aryl methyl sites for hydroxylation is 2. The SMILES string of the molecule is Cc1ccc(C)n1NCCS(=O)(=O)c1ccc(C#N)cc1. The number of benzene rings is 1. The van der Waals surface area contributed by atoms with E-state index in [0.29, 0.717) is 12.1 Å². The Hall–Kier alpha value is -2.26. The third-order valence-electron chi connectivity index (χ3n) is 3.25. The lowest BCUT2D eigenvalue weighted by molar-refractivity contribution is 0.595. The van der Waals surface area contributed by atoms with Crippen molar-refractivity contribution >= 4 is 9.84 Å². The van der Waals surface area contributed by atoms with Crippen molar-refractivity contribution in [1.29, 1.82) is 5.26 Å². The highest BCUT2D eigenvalue weighted by Gasteiger charge is 2.14. The maximum atomic E-state index is 12.2. The average molecular weight is 303 g/mol. The second-order valence-electron chi connectivity index (χ2n) is 4.81. The summed E-state index contributed by atoms with van der Waals surface area (Å²) in [5.74, 6) is -0.00401. The summed E-state index contributed by atoms with van der Waals surface area (Å²) in [5, 5.41) is 8.72. The number of nitriles is 1. The Morgan fingerprint density at radius 3 is 2.19 bits per heavy atom. The van der Waals surface area contributed by atoms with Gasteiger partial charge in [0.2, 0.25) is 0 Å². The molecule has 0 fully saturated rings. The molecule has 1 aromatic carbocycles. The summed E-state index contributed by atoms with van der Waals surface area (Å²) in [5.41, 5.74) is 5.61. The van der Waals surface area contributed by atoms with Gasteiger partial charge in [-0.05, 0) is 50.2 Å². The molecule has 0 saturated carbocycles. The first-order chi connectivity index (χ1) is 9.94. The van der Waals surface area contributed by atoms with Crippen molar-refractivity contribution in [3.63, 3.8) is 0 Å². The van der Waals surface area contributed by atoms with Crippen LogP contribution < -0.4 is 5.43 Å². The van der Waals surface area contributed by atoms with E-state index in [1.54, 1.807) is 0 Å². The fourth-order valence-corrected chi connectivity index (χ4v) is 3.21. The zero-order chi connectivity index (χ0) is 15.5. The lowest BCUT2D eigenvalue weighted by Crippen LogP contribution is -2.24. The summed E-state index contributed by atoms with van der Waals surface area (Å²) in [6.45, 7) is 4.23. The van der Waals surface area contributed by atoms with Gasteiger partial charge in [-0.1, -0.05) is 0 Å². The lowest BCUT2D eigenvalue weighted by atomic mass is 10.2. The molecular formula is C15H17N3O2S. The minimum atomic E-state index is -3.35. The van der Waals surface area contributed by atoms with Crippen LogP contribution in [0.25, 0.3) is 0 Å². The number of nitrogens with zero attached hydrogens (tertiary/aromatic N) is 2. The van der Waals surface area contributed by atoms with Gasteiger partial charge in [0.25, 0.3) is 0 Å². The third-order valence-corrected chi connectivity index (χ3v) is 4.99. The first-order valence-corrected chi connectivity index (χ1v) is 8.21. The van der Waals surface area contributed by atoms with Crippen molar-refractivity contribution in [2.24, 2.45) is 0 Å². The Balaban J connectivity index is 2.03. The van der Waals surface area contributed by atoms with Gasteiger partial charge in [0.05, 0.1) is 22.3 Å². The number of hydrogen-bond acceptors (Lipinski definition) is 4. The Kier molecular flexibility index (Phi) is 4.34. The van der Waals surface area contributed by atoms with E-state index in [2.05, 4.69) is 5.43 Å². The predicted octanol–water partition coefficient (Wildman–Crippen LogP) is 1.99. The van der Waals surface area contributed by atoms with Crippen LogP contribution in [-0.4, -0.2) is 25.4 Å². The fraction of sp³-hybridized carbons (Fsp3) is 0.267.